The molecule has 1 saturated heterocycles. The molecule has 0 amide bonds. The van der Waals surface area contributed by atoms with Crippen LogP contribution in [0.25, 0.3) is 0 Å². The van der Waals surface area contributed by atoms with Crippen molar-refractivity contribution in [2.75, 3.05) is 6.61 Å². The first kappa shape index (κ1) is 15.8. The zero-order valence-corrected chi connectivity index (χ0v) is 13.2. The Bertz CT molecular complexity index is 428. The summed E-state index contributed by atoms with van der Waals surface area (Å²) in [5.41, 5.74) is 1.84. The summed E-state index contributed by atoms with van der Waals surface area (Å²) in [7, 11) is 1.89. The molecule has 1 N–H and O–H groups in total. The minimum absolute atomic E-state index is 0.326. The molecule has 114 valence electrons. The van der Waals surface area contributed by atoms with Crippen molar-refractivity contribution < 1.29 is 9.84 Å². The second-order valence-corrected chi connectivity index (χ2v) is 5.99. The number of halogens is 1. The monoisotopic (exact) mass is 300 g/mol. The van der Waals surface area contributed by atoms with Crippen molar-refractivity contribution >= 4 is 11.6 Å². The second-order valence-electron chi connectivity index (χ2n) is 5.61. The van der Waals surface area contributed by atoms with Crippen LogP contribution in [0.4, 0.5) is 0 Å². The van der Waals surface area contributed by atoms with Crippen LogP contribution in [0.15, 0.2) is 0 Å². The van der Waals surface area contributed by atoms with Crippen molar-refractivity contribution in [3.05, 3.63) is 16.4 Å². The zero-order chi connectivity index (χ0) is 14.5. The molecule has 5 heteroatoms. The van der Waals surface area contributed by atoms with Gasteiger partial charge in [-0.1, -0.05) is 18.5 Å². The third kappa shape index (κ3) is 3.96. The zero-order valence-electron chi connectivity index (χ0n) is 12.4. The van der Waals surface area contributed by atoms with E-state index in [1.807, 2.05) is 14.0 Å². The number of hydrogen-bond acceptors (Lipinski definition) is 3. The van der Waals surface area contributed by atoms with E-state index < -0.39 is 0 Å². The standard InChI is InChI=1S/C15H25ClN2O2/c1-3-13-15(16)14(18(2)17-13)10-11(19)7-8-12-6-4-5-9-20-12/h11-12,19H,3-10H2,1-2H3. The van der Waals surface area contributed by atoms with Gasteiger partial charge < -0.3 is 9.84 Å². The largest absolute Gasteiger partial charge is 0.393 e. The average molecular weight is 301 g/mol. The van der Waals surface area contributed by atoms with Crippen molar-refractivity contribution in [3.63, 3.8) is 0 Å². The van der Waals surface area contributed by atoms with E-state index in [0.717, 1.165) is 43.7 Å². The molecule has 2 rings (SSSR count). The topological polar surface area (TPSA) is 47.3 Å². The molecular weight excluding hydrogens is 276 g/mol. The Hall–Kier alpha value is -0.580. The van der Waals surface area contributed by atoms with E-state index in [9.17, 15) is 5.11 Å². The molecule has 4 nitrogen and oxygen atoms in total. The van der Waals surface area contributed by atoms with Crippen LogP contribution >= 0.6 is 11.6 Å². The summed E-state index contributed by atoms with van der Waals surface area (Å²) in [5.74, 6) is 0. The Morgan fingerprint density at radius 1 is 1.50 bits per heavy atom. The number of nitrogens with zero attached hydrogens (tertiary/aromatic N) is 2. The van der Waals surface area contributed by atoms with Crippen LogP contribution in [0.1, 0.15) is 50.4 Å². The minimum Gasteiger partial charge on any atom is -0.393 e. The third-order valence-corrected chi connectivity index (χ3v) is 4.46. The molecule has 20 heavy (non-hydrogen) atoms. The van der Waals surface area contributed by atoms with E-state index in [2.05, 4.69) is 5.10 Å². The lowest BCUT2D eigenvalue weighted by Gasteiger charge is -2.23. The predicted octanol–water partition coefficient (Wildman–Crippen LogP) is 2.89. The van der Waals surface area contributed by atoms with Gasteiger partial charge in [-0.3, -0.25) is 4.68 Å². The summed E-state index contributed by atoms with van der Waals surface area (Å²) in [5, 5.41) is 15.3. The SMILES string of the molecule is CCc1nn(C)c(CC(O)CCC2CCCCO2)c1Cl. The van der Waals surface area contributed by atoms with Crippen molar-refractivity contribution in [2.24, 2.45) is 7.05 Å². The third-order valence-electron chi connectivity index (χ3n) is 4.03. The highest BCUT2D eigenvalue weighted by Crippen LogP contribution is 2.24. The Morgan fingerprint density at radius 3 is 2.90 bits per heavy atom. The van der Waals surface area contributed by atoms with Gasteiger partial charge in [0.15, 0.2) is 0 Å². The maximum absolute atomic E-state index is 10.2. The first-order valence-electron chi connectivity index (χ1n) is 7.61. The van der Waals surface area contributed by atoms with Crippen LogP contribution in [0.5, 0.6) is 0 Å². The normalized spacial score (nSPS) is 21.1. The quantitative estimate of drug-likeness (QED) is 0.879. The van der Waals surface area contributed by atoms with Crippen LogP contribution in [-0.4, -0.2) is 33.7 Å². The molecule has 0 aliphatic carbocycles. The highest BCUT2D eigenvalue weighted by Gasteiger charge is 2.19. The Morgan fingerprint density at radius 2 is 2.30 bits per heavy atom. The van der Waals surface area contributed by atoms with E-state index >= 15 is 0 Å². The van der Waals surface area contributed by atoms with Gasteiger partial charge in [0, 0.05) is 20.1 Å². The maximum Gasteiger partial charge on any atom is 0.0850 e. The molecule has 1 fully saturated rings. The Labute approximate surface area is 126 Å². The van der Waals surface area contributed by atoms with Gasteiger partial charge in [-0.25, -0.2) is 0 Å². The van der Waals surface area contributed by atoms with E-state index in [1.165, 1.54) is 12.8 Å². The molecule has 1 aromatic heterocycles. The molecule has 2 heterocycles. The van der Waals surface area contributed by atoms with Gasteiger partial charge in [0.2, 0.25) is 0 Å². The van der Waals surface area contributed by atoms with E-state index in [1.54, 1.807) is 4.68 Å². The Kier molecular flexibility index (Phi) is 5.87. The maximum atomic E-state index is 10.2. The predicted molar refractivity (Wildman–Crippen MR) is 80.1 cm³/mol. The smallest absolute Gasteiger partial charge is 0.0850 e. The summed E-state index contributed by atoms with van der Waals surface area (Å²) < 4.78 is 7.49. The lowest BCUT2D eigenvalue weighted by Crippen LogP contribution is -2.22. The number of hydrogen-bond donors (Lipinski definition) is 1. The van der Waals surface area contributed by atoms with Crippen molar-refractivity contribution in [2.45, 2.75) is 64.1 Å². The summed E-state index contributed by atoms with van der Waals surface area (Å²) in [6.07, 6.45) is 6.56. The van der Waals surface area contributed by atoms with Crippen molar-refractivity contribution in [3.8, 4) is 0 Å². The molecule has 0 spiro atoms. The first-order valence-corrected chi connectivity index (χ1v) is 7.99. The number of rotatable bonds is 6. The van der Waals surface area contributed by atoms with E-state index in [4.69, 9.17) is 16.3 Å². The van der Waals surface area contributed by atoms with Gasteiger partial charge in [-0.2, -0.15) is 5.10 Å². The highest BCUT2D eigenvalue weighted by atomic mass is 35.5. The molecule has 0 aromatic carbocycles. The fraction of sp³-hybridized carbons (Fsp3) is 0.800. The van der Waals surface area contributed by atoms with Crippen LogP contribution < -0.4 is 0 Å². The van der Waals surface area contributed by atoms with E-state index in [-0.39, 0.29) is 6.10 Å². The van der Waals surface area contributed by atoms with Crippen LogP contribution in [0.3, 0.4) is 0 Å². The van der Waals surface area contributed by atoms with Gasteiger partial charge in [-0.15, -0.1) is 0 Å². The van der Waals surface area contributed by atoms with E-state index in [0.29, 0.717) is 17.5 Å². The lowest BCUT2D eigenvalue weighted by molar-refractivity contribution is 0.00224. The Balaban J connectivity index is 1.84. The molecular formula is C15H25ClN2O2. The van der Waals surface area contributed by atoms with Gasteiger partial charge >= 0.3 is 0 Å². The van der Waals surface area contributed by atoms with Gasteiger partial charge in [-0.05, 0) is 38.5 Å². The number of aliphatic hydroxyl groups excluding tert-OH is 1. The summed E-state index contributed by atoms with van der Waals surface area (Å²) >= 11 is 6.30. The van der Waals surface area contributed by atoms with Crippen molar-refractivity contribution in [1.82, 2.24) is 9.78 Å². The van der Waals surface area contributed by atoms with Crippen molar-refractivity contribution in [1.29, 1.82) is 0 Å². The minimum atomic E-state index is -0.377. The molecule has 0 bridgehead atoms. The molecule has 0 radical (unpaired) electrons. The molecule has 0 saturated carbocycles. The molecule has 1 aliphatic heterocycles. The van der Waals surface area contributed by atoms with Crippen LogP contribution in [-0.2, 0) is 24.6 Å². The summed E-state index contributed by atoms with van der Waals surface area (Å²) in [6.45, 7) is 2.91. The molecule has 1 aliphatic rings. The highest BCUT2D eigenvalue weighted by molar-refractivity contribution is 6.31. The van der Waals surface area contributed by atoms with Gasteiger partial charge in [0.05, 0.1) is 28.6 Å². The number of aliphatic hydroxyl groups is 1. The van der Waals surface area contributed by atoms with Gasteiger partial charge in [0.25, 0.3) is 0 Å². The summed E-state index contributed by atoms with van der Waals surface area (Å²) in [4.78, 5) is 0. The molecule has 2 unspecified atom stereocenters. The molecule has 2 atom stereocenters. The summed E-state index contributed by atoms with van der Waals surface area (Å²) in [6, 6.07) is 0. The number of aryl methyl sites for hydroxylation is 2. The van der Waals surface area contributed by atoms with Gasteiger partial charge in [0.1, 0.15) is 0 Å². The number of ether oxygens (including phenoxy) is 1. The average Bonchev–Trinajstić information content (AvgIpc) is 2.73. The molecule has 1 aromatic rings. The fourth-order valence-electron chi connectivity index (χ4n) is 2.78. The fourth-order valence-corrected chi connectivity index (χ4v) is 3.15. The second kappa shape index (κ2) is 7.43. The lowest BCUT2D eigenvalue weighted by atomic mass is 10.0. The number of aromatic nitrogens is 2. The van der Waals surface area contributed by atoms with Crippen LogP contribution in [0, 0.1) is 0 Å². The van der Waals surface area contributed by atoms with Crippen LogP contribution in [0.2, 0.25) is 5.02 Å². The first-order chi connectivity index (χ1) is 9.61.